The van der Waals surface area contributed by atoms with Gasteiger partial charge in [-0.2, -0.15) is 0 Å². The summed E-state index contributed by atoms with van der Waals surface area (Å²) >= 11 is 3.61. The van der Waals surface area contributed by atoms with Crippen LogP contribution in [0.4, 0.5) is 0 Å². The third-order valence-corrected chi connectivity index (χ3v) is 4.22. The molecular formula is C15H22BrNO3. The lowest BCUT2D eigenvalue weighted by Gasteiger charge is -2.31. The first-order valence-electron chi connectivity index (χ1n) is 6.99. The zero-order chi connectivity index (χ0) is 14.4. The quantitative estimate of drug-likeness (QED) is 0.860. The van der Waals surface area contributed by atoms with Crippen LogP contribution in [0, 0.1) is 0 Å². The molecule has 112 valence electrons. The van der Waals surface area contributed by atoms with Crippen molar-refractivity contribution in [1.82, 2.24) is 5.32 Å². The molecule has 0 aromatic heterocycles. The molecule has 5 heteroatoms. The third-order valence-electron chi connectivity index (χ3n) is 3.45. The van der Waals surface area contributed by atoms with E-state index >= 15 is 0 Å². The van der Waals surface area contributed by atoms with Crippen molar-refractivity contribution in [2.75, 3.05) is 33.5 Å². The summed E-state index contributed by atoms with van der Waals surface area (Å²) in [5.74, 6) is 0.874. The Labute approximate surface area is 128 Å². The SMILES string of the molecule is CCNC(Cc1cc(OC)ccc1Br)C1COCCO1. The van der Waals surface area contributed by atoms with E-state index in [-0.39, 0.29) is 12.1 Å². The van der Waals surface area contributed by atoms with Gasteiger partial charge in [-0.25, -0.2) is 0 Å². The van der Waals surface area contributed by atoms with Crippen molar-refractivity contribution in [3.63, 3.8) is 0 Å². The fourth-order valence-electron chi connectivity index (χ4n) is 2.41. The predicted octanol–water partition coefficient (Wildman–Crippen LogP) is 2.39. The lowest BCUT2D eigenvalue weighted by molar-refractivity contribution is -0.101. The summed E-state index contributed by atoms with van der Waals surface area (Å²) in [6, 6.07) is 6.28. The molecule has 0 aliphatic carbocycles. The van der Waals surface area contributed by atoms with Gasteiger partial charge in [-0.05, 0) is 36.7 Å². The summed E-state index contributed by atoms with van der Waals surface area (Å²) in [6.07, 6.45) is 0.974. The number of nitrogens with one attached hydrogen (secondary N) is 1. The van der Waals surface area contributed by atoms with E-state index in [2.05, 4.69) is 34.2 Å². The number of ether oxygens (including phenoxy) is 3. The first-order chi connectivity index (χ1) is 9.74. The Balaban J connectivity index is 2.10. The van der Waals surface area contributed by atoms with Gasteiger partial charge in [0, 0.05) is 10.5 Å². The molecule has 1 saturated heterocycles. The molecular weight excluding hydrogens is 322 g/mol. The zero-order valence-electron chi connectivity index (χ0n) is 12.0. The number of rotatable bonds is 6. The average molecular weight is 344 g/mol. The molecule has 4 nitrogen and oxygen atoms in total. The van der Waals surface area contributed by atoms with Crippen LogP contribution in [0.1, 0.15) is 12.5 Å². The van der Waals surface area contributed by atoms with Gasteiger partial charge >= 0.3 is 0 Å². The topological polar surface area (TPSA) is 39.7 Å². The van der Waals surface area contributed by atoms with E-state index in [0.29, 0.717) is 19.8 Å². The highest BCUT2D eigenvalue weighted by molar-refractivity contribution is 9.10. The smallest absolute Gasteiger partial charge is 0.119 e. The molecule has 2 atom stereocenters. The van der Waals surface area contributed by atoms with Crippen LogP contribution in [-0.2, 0) is 15.9 Å². The first kappa shape index (κ1) is 15.8. The van der Waals surface area contributed by atoms with Crippen molar-refractivity contribution in [1.29, 1.82) is 0 Å². The molecule has 1 aliphatic heterocycles. The lowest BCUT2D eigenvalue weighted by Crippen LogP contribution is -2.47. The molecule has 1 aromatic rings. The number of methoxy groups -OCH3 is 1. The molecule has 0 amide bonds. The summed E-state index contributed by atoms with van der Waals surface area (Å²) in [5.41, 5.74) is 1.21. The van der Waals surface area contributed by atoms with E-state index in [0.717, 1.165) is 23.2 Å². The second kappa shape index (κ2) is 7.98. The molecule has 0 spiro atoms. The maximum absolute atomic E-state index is 5.83. The molecule has 1 aromatic carbocycles. The Hall–Kier alpha value is -0.620. The van der Waals surface area contributed by atoms with Crippen LogP contribution in [-0.4, -0.2) is 45.6 Å². The Morgan fingerprint density at radius 3 is 2.95 bits per heavy atom. The molecule has 0 saturated carbocycles. The van der Waals surface area contributed by atoms with E-state index in [9.17, 15) is 0 Å². The summed E-state index contributed by atoms with van der Waals surface area (Å²) in [7, 11) is 1.69. The molecule has 1 N–H and O–H groups in total. The summed E-state index contributed by atoms with van der Waals surface area (Å²) in [4.78, 5) is 0. The van der Waals surface area contributed by atoms with Crippen LogP contribution >= 0.6 is 15.9 Å². The highest BCUT2D eigenvalue weighted by Gasteiger charge is 2.25. The van der Waals surface area contributed by atoms with Crippen LogP contribution in [0.5, 0.6) is 5.75 Å². The van der Waals surface area contributed by atoms with Crippen molar-refractivity contribution >= 4 is 15.9 Å². The number of likely N-dealkylation sites (N-methyl/N-ethyl adjacent to an activating group) is 1. The number of benzene rings is 1. The van der Waals surface area contributed by atoms with Gasteiger partial charge < -0.3 is 19.5 Å². The molecule has 1 aliphatic rings. The van der Waals surface area contributed by atoms with E-state index in [4.69, 9.17) is 14.2 Å². The second-order valence-corrected chi connectivity index (χ2v) is 5.66. The Kier molecular flexibility index (Phi) is 6.29. The van der Waals surface area contributed by atoms with E-state index in [1.807, 2.05) is 12.1 Å². The van der Waals surface area contributed by atoms with Gasteiger partial charge in [0.2, 0.25) is 0 Å². The van der Waals surface area contributed by atoms with Crippen LogP contribution in [0.3, 0.4) is 0 Å². The van der Waals surface area contributed by atoms with Crippen molar-refractivity contribution in [2.45, 2.75) is 25.5 Å². The summed E-state index contributed by atoms with van der Waals surface area (Å²) < 4.78 is 17.7. The highest BCUT2D eigenvalue weighted by Crippen LogP contribution is 2.25. The normalized spacial score (nSPS) is 20.6. The maximum Gasteiger partial charge on any atom is 0.119 e. The van der Waals surface area contributed by atoms with E-state index < -0.39 is 0 Å². The number of halogens is 1. The fourth-order valence-corrected chi connectivity index (χ4v) is 2.82. The molecule has 0 bridgehead atoms. The number of hydrogen-bond donors (Lipinski definition) is 1. The third kappa shape index (κ3) is 4.19. The molecule has 2 unspecified atom stereocenters. The van der Waals surface area contributed by atoms with Crippen molar-refractivity contribution in [2.24, 2.45) is 0 Å². The Morgan fingerprint density at radius 2 is 2.30 bits per heavy atom. The van der Waals surface area contributed by atoms with Crippen LogP contribution < -0.4 is 10.1 Å². The van der Waals surface area contributed by atoms with Gasteiger partial charge in [0.25, 0.3) is 0 Å². The van der Waals surface area contributed by atoms with Gasteiger partial charge in [-0.1, -0.05) is 22.9 Å². The molecule has 0 radical (unpaired) electrons. The second-order valence-electron chi connectivity index (χ2n) is 4.81. The van der Waals surface area contributed by atoms with Crippen molar-refractivity contribution < 1.29 is 14.2 Å². The Bertz CT molecular complexity index is 422. The minimum Gasteiger partial charge on any atom is -0.497 e. The lowest BCUT2D eigenvalue weighted by atomic mass is 10.0. The van der Waals surface area contributed by atoms with E-state index in [1.54, 1.807) is 7.11 Å². The molecule has 20 heavy (non-hydrogen) atoms. The minimum absolute atomic E-state index is 0.0989. The van der Waals surface area contributed by atoms with Gasteiger partial charge in [0.05, 0.1) is 33.0 Å². The van der Waals surface area contributed by atoms with Crippen LogP contribution in [0.25, 0.3) is 0 Å². The maximum atomic E-state index is 5.83. The molecule has 1 heterocycles. The van der Waals surface area contributed by atoms with Gasteiger partial charge in [-0.15, -0.1) is 0 Å². The zero-order valence-corrected chi connectivity index (χ0v) is 13.6. The average Bonchev–Trinajstić information content (AvgIpc) is 2.49. The van der Waals surface area contributed by atoms with Gasteiger partial charge in [-0.3, -0.25) is 0 Å². The monoisotopic (exact) mass is 343 g/mol. The molecule has 1 fully saturated rings. The van der Waals surface area contributed by atoms with Crippen molar-refractivity contribution in [3.8, 4) is 5.75 Å². The highest BCUT2D eigenvalue weighted by atomic mass is 79.9. The first-order valence-corrected chi connectivity index (χ1v) is 7.79. The van der Waals surface area contributed by atoms with Gasteiger partial charge in [0.15, 0.2) is 0 Å². The minimum atomic E-state index is 0.0989. The van der Waals surface area contributed by atoms with Gasteiger partial charge in [0.1, 0.15) is 5.75 Å². The fraction of sp³-hybridized carbons (Fsp3) is 0.600. The van der Waals surface area contributed by atoms with Crippen LogP contribution in [0.15, 0.2) is 22.7 Å². The predicted molar refractivity (Wildman–Crippen MR) is 82.4 cm³/mol. The summed E-state index contributed by atoms with van der Waals surface area (Å²) in [6.45, 7) is 5.03. The Morgan fingerprint density at radius 1 is 1.45 bits per heavy atom. The van der Waals surface area contributed by atoms with Crippen LogP contribution in [0.2, 0.25) is 0 Å². The number of hydrogen-bond acceptors (Lipinski definition) is 4. The van der Waals surface area contributed by atoms with Crippen molar-refractivity contribution in [3.05, 3.63) is 28.2 Å². The standard InChI is InChI=1S/C15H22BrNO3/c1-3-17-14(15-10-19-6-7-20-15)9-11-8-12(18-2)4-5-13(11)16/h4-5,8,14-15,17H,3,6-7,9-10H2,1-2H3. The molecule has 2 rings (SSSR count). The largest absolute Gasteiger partial charge is 0.497 e. The van der Waals surface area contributed by atoms with E-state index in [1.165, 1.54) is 5.56 Å². The summed E-state index contributed by atoms with van der Waals surface area (Å²) in [5, 5.41) is 3.50.